The lowest BCUT2D eigenvalue weighted by atomic mass is 10.2. The summed E-state index contributed by atoms with van der Waals surface area (Å²) in [5.74, 6) is -0.372. The molecule has 2 aromatic heterocycles. The molecule has 7 nitrogen and oxygen atoms in total. The van der Waals surface area contributed by atoms with Gasteiger partial charge in [0.15, 0.2) is 0 Å². The summed E-state index contributed by atoms with van der Waals surface area (Å²) in [6.45, 7) is 1.75. The van der Waals surface area contributed by atoms with Gasteiger partial charge < -0.3 is 21.6 Å². The Hall–Kier alpha value is -2.70. The summed E-state index contributed by atoms with van der Waals surface area (Å²) in [4.78, 5) is 18.2. The summed E-state index contributed by atoms with van der Waals surface area (Å²) >= 11 is 0. The third kappa shape index (κ3) is 2.05. The number of anilines is 2. The Balaban J connectivity index is 2.54. The van der Waals surface area contributed by atoms with Crippen LogP contribution >= 0.6 is 0 Å². The van der Waals surface area contributed by atoms with Crippen molar-refractivity contribution in [3.05, 3.63) is 40.1 Å². The van der Waals surface area contributed by atoms with E-state index in [1.165, 1.54) is 6.07 Å². The highest BCUT2D eigenvalue weighted by molar-refractivity contribution is 5.64. The van der Waals surface area contributed by atoms with Gasteiger partial charge in [-0.1, -0.05) is 0 Å². The lowest BCUT2D eigenvalue weighted by molar-refractivity contribution is -0.388. The number of nitrogen functional groups attached to an aromatic ring is 2. The summed E-state index contributed by atoms with van der Waals surface area (Å²) < 4.78 is 0. The fourth-order valence-corrected chi connectivity index (χ4v) is 1.46. The third-order valence-electron chi connectivity index (χ3n) is 2.47. The van der Waals surface area contributed by atoms with Crippen molar-refractivity contribution in [2.75, 3.05) is 11.5 Å². The first-order valence-corrected chi connectivity index (χ1v) is 5.13. The van der Waals surface area contributed by atoms with Crippen LogP contribution in [-0.4, -0.2) is 14.9 Å². The van der Waals surface area contributed by atoms with E-state index in [-0.39, 0.29) is 11.5 Å². The lowest BCUT2D eigenvalue weighted by Gasteiger charge is -2.02. The molecule has 2 rings (SSSR count). The molecule has 0 saturated heterocycles. The number of nitro groups is 1. The van der Waals surface area contributed by atoms with E-state index in [2.05, 4.69) is 9.97 Å². The monoisotopic (exact) mass is 245 g/mol. The predicted molar refractivity (Wildman–Crippen MR) is 67.7 cm³/mol. The van der Waals surface area contributed by atoms with Crippen LogP contribution in [0.3, 0.4) is 0 Å². The van der Waals surface area contributed by atoms with Gasteiger partial charge in [-0.05, 0) is 41.1 Å². The van der Waals surface area contributed by atoms with Gasteiger partial charge in [0.2, 0.25) is 5.69 Å². The maximum absolute atomic E-state index is 10.7. The van der Waals surface area contributed by atoms with Crippen LogP contribution in [0.4, 0.5) is 17.2 Å². The zero-order chi connectivity index (χ0) is 13.3. The van der Waals surface area contributed by atoms with E-state index in [0.717, 1.165) is 0 Å². The molecule has 18 heavy (non-hydrogen) atoms. The van der Waals surface area contributed by atoms with E-state index >= 15 is 0 Å². The van der Waals surface area contributed by atoms with Gasteiger partial charge in [-0.15, -0.1) is 0 Å². The smallest absolute Gasteiger partial charge is 0.387 e. The average Bonchev–Trinajstić information content (AvgIpc) is 2.33. The molecule has 0 radical (unpaired) electrons. The first kappa shape index (κ1) is 11.8. The van der Waals surface area contributed by atoms with Gasteiger partial charge in [-0.25, -0.2) is 4.98 Å². The van der Waals surface area contributed by atoms with E-state index in [1.807, 2.05) is 0 Å². The Bertz CT molecular complexity index is 627. The van der Waals surface area contributed by atoms with Gasteiger partial charge in [0.1, 0.15) is 11.4 Å². The van der Waals surface area contributed by atoms with Crippen LogP contribution in [0, 0.1) is 17.0 Å². The Morgan fingerprint density at radius 2 is 1.61 bits per heavy atom. The van der Waals surface area contributed by atoms with Crippen molar-refractivity contribution in [3.8, 4) is 11.4 Å². The average molecular weight is 245 g/mol. The number of aromatic nitrogens is 2. The number of rotatable bonds is 2. The molecular weight excluding hydrogens is 234 g/mol. The van der Waals surface area contributed by atoms with Gasteiger partial charge in [-0.2, -0.15) is 0 Å². The molecule has 0 saturated carbocycles. The second-order valence-corrected chi connectivity index (χ2v) is 3.74. The highest BCUT2D eigenvalue weighted by Gasteiger charge is 2.17. The molecule has 0 unspecified atom stereocenters. The summed E-state index contributed by atoms with van der Waals surface area (Å²) in [6.07, 6.45) is 0. The number of hydrogen-bond donors (Lipinski definition) is 2. The number of nitrogens with zero attached hydrogens (tertiary/aromatic N) is 3. The number of hydrogen-bond acceptors (Lipinski definition) is 6. The normalized spacial score (nSPS) is 10.3. The molecule has 0 aliphatic carbocycles. The first-order valence-electron chi connectivity index (χ1n) is 5.13. The summed E-state index contributed by atoms with van der Waals surface area (Å²) in [7, 11) is 0. The van der Waals surface area contributed by atoms with E-state index < -0.39 is 4.92 Å². The van der Waals surface area contributed by atoms with Crippen molar-refractivity contribution >= 4 is 17.2 Å². The van der Waals surface area contributed by atoms with Crippen molar-refractivity contribution in [1.82, 2.24) is 9.97 Å². The Kier molecular flexibility index (Phi) is 2.80. The highest BCUT2D eigenvalue weighted by atomic mass is 16.6. The second-order valence-electron chi connectivity index (χ2n) is 3.74. The number of pyridine rings is 2. The summed E-state index contributed by atoms with van der Waals surface area (Å²) in [6, 6.07) is 6.36. The zero-order valence-electron chi connectivity index (χ0n) is 9.62. The Labute approximate surface area is 103 Å². The predicted octanol–water partition coefficient (Wildman–Crippen LogP) is 1.52. The molecule has 92 valence electrons. The van der Waals surface area contributed by atoms with Crippen molar-refractivity contribution in [2.45, 2.75) is 6.92 Å². The molecule has 2 aromatic rings. The molecule has 0 spiro atoms. The highest BCUT2D eigenvalue weighted by Crippen LogP contribution is 2.24. The second kappa shape index (κ2) is 4.28. The van der Waals surface area contributed by atoms with Gasteiger partial charge in [-0.3, -0.25) is 0 Å². The maximum atomic E-state index is 10.7. The van der Waals surface area contributed by atoms with Gasteiger partial charge in [0.05, 0.1) is 11.4 Å². The summed E-state index contributed by atoms with van der Waals surface area (Å²) in [5, 5.41) is 10.7. The number of nitrogens with two attached hydrogens (primary N) is 2. The molecular formula is C11H11N5O2. The Morgan fingerprint density at radius 1 is 1.06 bits per heavy atom. The molecule has 0 atom stereocenters. The van der Waals surface area contributed by atoms with E-state index in [4.69, 9.17) is 11.5 Å². The van der Waals surface area contributed by atoms with Crippen LogP contribution in [0.15, 0.2) is 24.3 Å². The van der Waals surface area contributed by atoms with E-state index in [1.54, 1.807) is 25.1 Å². The minimum absolute atomic E-state index is 0.0240. The van der Waals surface area contributed by atoms with Crippen LogP contribution < -0.4 is 11.5 Å². The first-order chi connectivity index (χ1) is 8.49. The maximum Gasteiger partial charge on any atom is 0.387 e. The van der Waals surface area contributed by atoms with Crippen LogP contribution in [0.5, 0.6) is 0 Å². The molecule has 0 fully saturated rings. The van der Waals surface area contributed by atoms with Crippen molar-refractivity contribution in [2.24, 2.45) is 0 Å². The minimum Gasteiger partial charge on any atom is -0.397 e. The van der Waals surface area contributed by atoms with Crippen LogP contribution in [0.2, 0.25) is 0 Å². The molecule has 2 heterocycles. The largest absolute Gasteiger partial charge is 0.397 e. The lowest BCUT2D eigenvalue weighted by Crippen LogP contribution is -2.01. The SMILES string of the molecule is Cc1nc(-c2ccc(N)c([N+](=O)[O-])n2)ccc1N. The van der Waals surface area contributed by atoms with Crippen molar-refractivity contribution < 1.29 is 4.92 Å². The fourth-order valence-electron chi connectivity index (χ4n) is 1.46. The quantitative estimate of drug-likeness (QED) is 0.611. The molecule has 0 bridgehead atoms. The van der Waals surface area contributed by atoms with Crippen LogP contribution in [0.25, 0.3) is 11.4 Å². The molecule has 7 heteroatoms. The third-order valence-corrected chi connectivity index (χ3v) is 2.47. The molecule has 0 aromatic carbocycles. The summed E-state index contributed by atoms with van der Waals surface area (Å²) in [5.41, 5.74) is 13.3. The van der Waals surface area contributed by atoms with Gasteiger partial charge >= 0.3 is 5.82 Å². The van der Waals surface area contributed by atoms with E-state index in [9.17, 15) is 10.1 Å². The fraction of sp³-hybridized carbons (Fsp3) is 0.0909. The number of aryl methyl sites for hydroxylation is 1. The van der Waals surface area contributed by atoms with Crippen LogP contribution in [0.1, 0.15) is 5.69 Å². The van der Waals surface area contributed by atoms with Crippen LogP contribution in [-0.2, 0) is 0 Å². The molecule has 4 N–H and O–H groups in total. The zero-order valence-corrected chi connectivity index (χ0v) is 9.62. The molecule has 0 aliphatic rings. The standard InChI is InChI=1S/C11H11N5O2/c1-6-7(12)2-4-9(14-6)10-5-3-8(13)11(15-10)16(17)18/h2-5H,12-13H2,1H3. The van der Waals surface area contributed by atoms with E-state index in [0.29, 0.717) is 22.8 Å². The minimum atomic E-state index is -0.622. The van der Waals surface area contributed by atoms with Crippen molar-refractivity contribution in [1.29, 1.82) is 0 Å². The van der Waals surface area contributed by atoms with Gasteiger partial charge in [0.25, 0.3) is 0 Å². The molecule has 0 amide bonds. The topological polar surface area (TPSA) is 121 Å². The van der Waals surface area contributed by atoms with Crippen molar-refractivity contribution in [3.63, 3.8) is 0 Å². The van der Waals surface area contributed by atoms with Gasteiger partial charge in [0, 0.05) is 0 Å². The Morgan fingerprint density at radius 3 is 2.17 bits per heavy atom. The molecule has 0 aliphatic heterocycles.